The van der Waals surface area contributed by atoms with E-state index in [9.17, 15) is 32.5 Å². The first-order chi connectivity index (χ1) is 20.0. The van der Waals surface area contributed by atoms with Gasteiger partial charge in [-0.05, 0) is 72.9 Å². The molecule has 0 radical (unpaired) electrons. The number of piperazine rings is 1. The fraction of sp³-hybridized carbons (Fsp3) is 0.433. The Balaban J connectivity index is 1.08. The summed E-state index contributed by atoms with van der Waals surface area (Å²) in [5.41, 5.74) is -0.928. The Hall–Kier alpha value is -3.93. The minimum absolute atomic E-state index is 0.0238. The molecule has 3 aromatic carbocycles. The van der Waals surface area contributed by atoms with E-state index in [-0.39, 0.29) is 36.2 Å². The number of rotatable bonds is 7. The predicted octanol–water partition coefficient (Wildman–Crippen LogP) is 6.02. The standard InChI is InChI=1S/C30H32F4N4O4/c1-35(24-8-11-28(38(40)41)27(18-24)30(32,33)34)23-6-9-26(10-7-23)42-19-29(39)37-14-12-36(13-15-37)25-5-3-20-16-22(31)4-2-21(20)17-25/h2-5,8,11,16-18,23,26H,6-7,9-10,12-15,19H2,1H3. The summed E-state index contributed by atoms with van der Waals surface area (Å²) in [5.74, 6) is -0.344. The third-order valence-corrected chi connectivity index (χ3v) is 8.31. The van der Waals surface area contributed by atoms with Gasteiger partial charge in [-0.15, -0.1) is 0 Å². The molecule has 12 heteroatoms. The number of hydrogen-bond acceptors (Lipinski definition) is 6. The molecule has 1 aliphatic carbocycles. The molecule has 2 fully saturated rings. The van der Waals surface area contributed by atoms with Gasteiger partial charge in [-0.2, -0.15) is 13.2 Å². The number of carbonyl (C=O) groups is 1. The van der Waals surface area contributed by atoms with E-state index in [1.165, 1.54) is 18.2 Å². The molecule has 1 heterocycles. The topological polar surface area (TPSA) is 79.2 Å². The highest BCUT2D eigenvalue weighted by Crippen LogP contribution is 2.39. The predicted molar refractivity (Wildman–Crippen MR) is 151 cm³/mol. The van der Waals surface area contributed by atoms with Crippen molar-refractivity contribution in [3.8, 4) is 0 Å². The zero-order valence-corrected chi connectivity index (χ0v) is 23.1. The number of nitro benzene ring substituents is 1. The third kappa shape index (κ3) is 6.59. The minimum Gasteiger partial charge on any atom is -0.372 e. The summed E-state index contributed by atoms with van der Waals surface area (Å²) in [4.78, 5) is 28.6. The average molecular weight is 589 g/mol. The van der Waals surface area contributed by atoms with Crippen LogP contribution < -0.4 is 9.80 Å². The van der Waals surface area contributed by atoms with Crippen molar-refractivity contribution in [2.45, 2.75) is 44.0 Å². The quantitative estimate of drug-likeness (QED) is 0.191. The van der Waals surface area contributed by atoms with Crippen LogP contribution in [-0.2, 0) is 15.7 Å². The fourth-order valence-corrected chi connectivity index (χ4v) is 5.83. The third-order valence-electron chi connectivity index (χ3n) is 8.31. The Morgan fingerprint density at radius 1 is 0.976 bits per heavy atom. The van der Waals surface area contributed by atoms with Crippen LogP contribution in [0.5, 0.6) is 0 Å². The smallest absolute Gasteiger partial charge is 0.372 e. The highest BCUT2D eigenvalue weighted by Gasteiger charge is 2.39. The van der Waals surface area contributed by atoms with Gasteiger partial charge in [-0.25, -0.2) is 4.39 Å². The summed E-state index contributed by atoms with van der Waals surface area (Å²) < 4.78 is 59.6. The molecule has 0 aromatic heterocycles. The van der Waals surface area contributed by atoms with Crippen molar-refractivity contribution < 1.29 is 32.0 Å². The minimum atomic E-state index is -4.83. The van der Waals surface area contributed by atoms with Crippen LogP contribution in [0.2, 0.25) is 0 Å². The molecule has 5 rings (SSSR count). The largest absolute Gasteiger partial charge is 0.423 e. The molecular formula is C30H32F4N4O4. The molecular weight excluding hydrogens is 556 g/mol. The normalized spacial score (nSPS) is 19.6. The van der Waals surface area contributed by atoms with Gasteiger partial charge in [0.25, 0.3) is 5.69 Å². The Morgan fingerprint density at radius 3 is 2.31 bits per heavy atom. The SMILES string of the molecule is CN(c1ccc([N+](=O)[O-])c(C(F)(F)F)c1)C1CCC(OCC(=O)N2CCN(c3ccc4cc(F)ccc4c3)CC2)CC1. The number of ether oxygens (including phenoxy) is 1. The number of benzene rings is 3. The summed E-state index contributed by atoms with van der Waals surface area (Å²) in [6.07, 6.45) is -2.33. The van der Waals surface area contributed by atoms with Crippen molar-refractivity contribution >= 4 is 33.7 Å². The number of carbonyl (C=O) groups excluding carboxylic acids is 1. The van der Waals surface area contributed by atoms with Crippen LogP contribution in [0, 0.1) is 15.9 Å². The maximum atomic E-state index is 13.5. The zero-order chi connectivity index (χ0) is 30.0. The molecule has 0 N–H and O–H groups in total. The summed E-state index contributed by atoms with van der Waals surface area (Å²) in [7, 11) is 1.69. The van der Waals surface area contributed by atoms with E-state index in [1.54, 1.807) is 22.9 Å². The Bertz CT molecular complexity index is 1450. The van der Waals surface area contributed by atoms with E-state index in [2.05, 4.69) is 4.90 Å². The first-order valence-corrected chi connectivity index (χ1v) is 13.9. The van der Waals surface area contributed by atoms with Crippen LogP contribution in [0.3, 0.4) is 0 Å². The Labute approximate surface area is 240 Å². The number of nitrogens with zero attached hydrogens (tertiary/aromatic N) is 4. The molecule has 0 spiro atoms. The lowest BCUT2D eigenvalue weighted by atomic mass is 9.91. The number of halogens is 4. The van der Waals surface area contributed by atoms with Gasteiger partial charge in [0.15, 0.2) is 0 Å². The molecule has 1 amide bonds. The van der Waals surface area contributed by atoms with Crippen molar-refractivity contribution in [1.82, 2.24) is 4.90 Å². The van der Waals surface area contributed by atoms with Crippen molar-refractivity contribution in [3.63, 3.8) is 0 Å². The monoisotopic (exact) mass is 588 g/mol. The van der Waals surface area contributed by atoms with Crippen molar-refractivity contribution in [2.75, 3.05) is 49.6 Å². The molecule has 8 nitrogen and oxygen atoms in total. The summed E-state index contributed by atoms with van der Waals surface area (Å²) in [6.45, 7) is 2.46. The van der Waals surface area contributed by atoms with E-state index in [4.69, 9.17) is 4.74 Å². The number of fused-ring (bicyclic) bond motifs is 1. The van der Waals surface area contributed by atoms with Crippen molar-refractivity contribution in [1.29, 1.82) is 0 Å². The van der Waals surface area contributed by atoms with Crippen LogP contribution >= 0.6 is 0 Å². The molecule has 3 aromatic rings. The van der Waals surface area contributed by atoms with Crippen molar-refractivity contribution in [3.05, 3.63) is 76.1 Å². The fourth-order valence-electron chi connectivity index (χ4n) is 5.83. The molecule has 1 saturated carbocycles. The van der Waals surface area contributed by atoms with E-state index in [0.717, 1.165) is 28.6 Å². The Morgan fingerprint density at radius 2 is 1.64 bits per heavy atom. The lowest BCUT2D eigenvalue weighted by Gasteiger charge is -2.37. The van der Waals surface area contributed by atoms with Gasteiger partial charge in [-0.3, -0.25) is 14.9 Å². The molecule has 1 aliphatic heterocycles. The highest BCUT2D eigenvalue weighted by atomic mass is 19.4. The lowest BCUT2D eigenvalue weighted by Crippen LogP contribution is -2.50. The van der Waals surface area contributed by atoms with E-state index in [1.807, 2.05) is 18.2 Å². The molecule has 0 atom stereocenters. The zero-order valence-electron chi connectivity index (χ0n) is 23.1. The number of amides is 1. The van der Waals surface area contributed by atoms with Crippen LogP contribution in [0.25, 0.3) is 10.8 Å². The average Bonchev–Trinajstić information content (AvgIpc) is 2.98. The van der Waals surface area contributed by atoms with Gasteiger partial charge in [0.05, 0.1) is 11.0 Å². The second kappa shape index (κ2) is 12.1. The number of nitro groups is 1. The van der Waals surface area contributed by atoms with Crippen LogP contribution in [0.15, 0.2) is 54.6 Å². The summed E-state index contributed by atoms with van der Waals surface area (Å²) in [5, 5.41) is 12.9. The molecule has 0 unspecified atom stereocenters. The van der Waals surface area contributed by atoms with E-state index in [0.29, 0.717) is 51.9 Å². The van der Waals surface area contributed by atoms with Gasteiger partial charge >= 0.3 is 6.18 Å². The van der Waals surface area contributed by atoms with Gasteiger partial charge in [0.1, 0.15) is 18.0 Å². The molecule has 224 valence electrons. The van der Waals surface area contributed by atoms with Gasteiger partial charge in [-0.1, -0.05) is 12.1 Å². The second-order valence-electron chi connectivity index (χ2n) is 10.9. The molecule has 42 heavy (non-hydrogen) atoms. The van der Waals surface area contributed by atoms with E-state index < -0.39 is 22.4 Å². The first-order valence-electron chi connectivity index (χ1n) is 13.9. The van der Waals surface area contributed by atoms with Crippen LogP contribution in [-0.4, -0.2) is 67.7 Å². The number of alkyl halides is 3. The molecule has 0 bridgehead atoms. The van der Waals surface area contributed by atoms with Crippen LogP contribution in [0.4, 0.5) is 34.6 Å². The number of hydrogen-bond donors (Lipinski definition) is 0. The van der Waals surface area contributed by atoms with Crippen molar-refractivity contribution in [2.24, 2.45) is 0 Å². The summed E-state index contributed by atoms with van der Waals surface area (Å²) >= 11 is 0. The Kier molecular flexibility index (Phi) is 8.53. The maximum absolute atomic E-state index is 13.5. The first kappa shape index (κ1) is 29.6. The van der Waals surface area contributed by atoms with E-state index >= 15 is 0 Å². The van der Waals surface area contributed by atoms with Gasteiger partial charge in [0.2, 0.25) is 5.91 Å². The lowest BCUT2D eigenvalue weighted by molar-refractivity contribution is -0.388. The van der Waals surface area contributed by atoms with Gasteiger partial charge in [0, 0.05) is 56.7 Å². The second-order valence-corrected chi connectivity index (χ2v) is 10.9. The number of anilines is 2. The molecule has 2 aliphatic rings. The maximum Gasteiger partial charge on any atom is 0.423 e. The molecule has 1 saturated heterocycles. The van der Waals surface area contributed by atoms with Gasteiger partial charge < -0.3 is 19.4 Å². The highest BCUT2D eigenvalue weighted by molar-refractivity contribution is 5.86. The van der Waals surface area contributed by atoms with Crippen LogP contribution in [0.1, 0.15) is 31.2 Å². The summed E-state index contributed by atoms with van der Waals surface area (Å²) in [6, 6.07) is 13.6.